The van der Waals surface area contributed by atoms with Gasteiger partial charge in [-0.05, 0) is 19.9 Å². The number of nitrogens with zero attached hydrogens (tertiary/aromatic N) is 2. The number of hydrogen-bond donors (Lipinski definition) is 3. The summed E-state index contributed by atoms with van der Waals surface area (Å²) >= 11 is 0. The predicted octanol–water partition coefficient (Wildman–Crippen LogP) is 0.751. The van der Waals surface area contributed by atoms with E-state index in [1.54, 1.807) is 13.8 Å². The highest BCUT2D eigenvalue weighted by atomic mass is 31.3. The minimum atomic E-state index is -4.84. The van der Waals surface area contributed by atoms with Crippen LogP contribution in [0.2, 0.25) is 0 Å². The van der Waals surface area contributed by atoms with Crippen molar-refractivity contribution in [1.29, 1.82) is 0 Å². The van der Waals surface area contributed by atoms with E-state index in [2.05, 4.69) is 17.9 Å². The van der Waals surface area contributed by atoms with Crippen LogP contribution in [0, 0.1) is 0 Å². The Morgan fingerprint density at radius 2 is 1.90 bits per heavy atom. The average Bonchev–Trinajstić information content (AvgIpc) is 3.04. The lowest BCUT2D eigenvalue weighted by Crippen LogP contribution is -2.35. The van der Waals surface area contributed by atoms with Crippen LogP contribution in [0.4, 0.5) is 5.82 Å². The smallest absolute Gasteiger partial charge is 0.383 e. The van der Waals surface area contributed by atoms with Crippen LogP contribution in [-0.2, 0) is 40.8 Å². The van der Waals surface area contributed by atoms with Gasteiger partial charge in [0.1, 0.15) is 24.1 Å². The molecule has 0 saturated carbocycles. The van der Waals surface area contributed by atoms with Gasteiger partial charge in [-0.3, -0.25) is 4.57 Å². The summed E-state index contributed by atoms with van der Waals surface area (Å²) in [6, 6.07) is 1.41. The van der Waals surface area contributed by atoms with Gasteiger partial charge in [-0.25, -0.2) is 22.5 Å². The molecule has 0 amide bonds. The van der Waals surface area contributed by atoms with Crippen molar-refractivity contribution in [3.8, 4) is 0 Å². The molecule has 1 aromatic heterocycles. The molecule has 6 atom stereocenters. The fraction of sp³-hybridized carbons (Fsp3) is 0.667. The maximum atomic E-state index is 12.2. The lowest BCUT2D eigenvalue weighted by atomic mass is 10.1. The Kier molecular flexibility index (Phi) is 5.72. The molecule has 3 aliphatic heterocycles. The Bertz CT molecular complexity index is 963. The zero-order chi connectivity index (χ0) is 21.9. The van der Waals surface area contributed by atoms with Crippen molar-refractivity contribution in [3.63, 3.8) is 0 Å². The molecule has 18 heteroatoms. The van der Waals surface area contributed by atoms with Crippen molar-refractivity contribution < 1.29 is 50.6 Å². The van der Waals surface area contributed by atoms with Crippen molar-refractivity contribution in [2.24, 2.45) is 0 Å². The second-order valence-corrected chi connectivity index (χ2v) is 11.4. The topological polar surface area (TPSA) is 200 Å². The molecule has 0 radical (unpaired) electrons. The molecule has 3 saturated heterocycles. The van der Waals surface area contributed by atoms with E-state index in [4.69, 9.17) is 24.5 Å². The third kappa shape index (κ3) is 4.68. The zero-order valence-electron chi connectivity index (χ0n) is 15.5. The molecule has 0 aliphatic carbocycles. The van der Waals surface area contributed by atoms with E-state index >= 15 is 0 Å². The Balaban J connectivity index is 1.52. The van der Waals surface area contributed by atoms with Gasteiger partial charge in [0.25, 0.3) is 0 Å². The van der Waals surface area contributed by atoms with Gasteiger partial charge in [0.05, 0.1) is 6.61 Å². The summed E-state index contributed by atoms with van der Waals surface area (Å²) in [5.74, 6) is -0.966. The van der Waals surface area contributed by atoms with Crippen LogP contribution in [0.25, 0.3) is 0 Å². The third-order valence-corrected chi connectivity index (χ3v) is 8.87. The molecule has 1 aromatic rings. The largest absolute Gasteiger partial charge is 0.488 e. The van der Waals surface area contributed by atoms with E-state index < -0.39 is 60.3 Å². The van der Waals surface area contributed by atoms with E-state index in [0.717, 1.165) is 0 Å². The first-order chi connectivity index (χ1) is 13.8. The number of anilines is 1. The molecular weight excluding hydrogens is 471 g/mol. The second-order valence-electron chi connectivity index (χ2n) is 6.87. The molecule has 3 aliphatic rings. The predicted molar refractivity (Wildman–Crippen MR) is 96.4 cm³/mol. The number of nitrogen functional groups attached to an aromatic ring is 1. The van der Waals surface area contributed by atoms with Gasteiger partial charge in [-0.2, -0.15) is 9.29 Å². The molecule has 4 rings (SSSR count). The van der Waals surface area contributed by atoms with E-state index in [1.165, 1.54) is 16.8 Å². The SMILES string of the molecule is CC1(C)O[C@@H]2[C@H](O1)[C@@H](COP1OP(=O)(O)OP(=O)(O)O1)O[C@H]2n1ccc(N)nc1=O. The summed E-state index contributed by atoms with van der Waals surface area (Å²) in [6.07, 6.45) is -1.85. The number of rotatable bonds is 4. The zero-order valence-corrected chi connectivity index (χ0v) is 18.1. The maximum Gasteiger partial charge on any atom is 0.488 e. The summed E-state index contributed by atoms with van der Waals surface area (Å²) in [5, 5.41) is 0. The van der Waals surface area contributed by atoms with Crippen molar-refractivity contribution in [2.75, 3.05) is 12.3 Å². The van der Waals surface area contributed by atoms with Crippen LogP contribution in [0.1, 0.15) is 20.1 Å². The summed E-state index contributed by atoms with van der Waals surface area (Å²) in [4.78, 5) is 34.6. The molecule has 0 bridgehead atoms. The number of fused-ring (bicyclic) bond motifs is 1. The van der Waals surface area contributed by atoms with Crippen LogP contribution in [0.3, 0.4) is 0 Å². The van der Waals surface area contributed by atoms with Crippen LogP contribution in [-0.4, -0.2) is 50.0 Å². The van der Waals surface area contributed by atoms with E-state index in [1.807, 2.05) is 0 Å². The molecule has 2 unspecified atom stereocenters. The van der Waals surface area contributed by atoms with E-state index in [-0.39, 0.29) is 12.4 Å². The minimum absolute atomic E-state index is 0.0353. The fourth-order valence-electron chi connectivity index (χ4n) is 3.16. The minimum Gasteiger partial charge on any atom is -0.383 e. The van der Waals surface area contributed by atoms with Gasteiger partial charge < -0.3 is 34.3 Å². The second kappa shape index (κ2) is 7.66. The Morgan fingerprint density at radius 1 is 1.27 bits per heavy atom. The summed E-state index contributed by atoms with van der Waals surface area (Å²) in [5.41, 5.74) is 4.84. The molecule has 15 nitrogen and oxygen atoms in total. The molecule has 0 aromatic carbocycles. The average molecular weight is 489 g/mol. The summed E-state index contributed by atoms with van der Waals surface area (Å²) in [7, 11) is -12.4. The molecule has 30 heavy (non-hydrogen) atoms. The van der Waals surface area contributed by atoms with Gasteiger partial charge in [-0.15, -0.1) is 0 Å². The summed E-state index contributed by atoms with van der Waals surface area (Å²) in [6.45, 7) is 2.99. The molecule has 0 spiro atoms. The molecule has 4 heterocycles. The van der Waals surface area contributed by atoms with Crippen molar-refractivity contribution in [3.05, 3.63) is 22.7 Å². The first kappa shape index (κ1) is 22.4. The lowest BCUT2D eigenvalue weighted by molar-refractivity contribution is -0.199. The van der Waals surface area contributed by atoms with Crippen molar-refractivity contribution in [2.45, 2.75) is 44.2 Å². The Morgan fingerprint density at radius 3 is 2.53 bits per heavy atom. The van der Waals surface area contributed by atoms with Gasteiger partial charge in [-0.1, -0.05) is 0 Å². The highest BCUT2D eigenvalue weighted by molar-refractivity contribution is 7.72. The first-order valence-corrected chi connectivity index (χ1v) is 12.5. The highest BCUT2D eigenvalue weighted by Crippen LogP contribution is 2.76. The van der Waals surface area contributed by atoms with Crippen molar-refractivity contribution in [1.82, 2.24) is 9.55 Å². The van der Waals surface area contributed by atoms with Crippen LogP contribution >= 0.6 is 24.2 Å². The monoisotopic (exact) mass is 489 g/mol. The molecule has 168 valence electrons. The summed E-state index contributed by atoms with van der Waals surface area (Å²) < 4.78 is 60.0. The number of phosphoric acid groups is 2. The van der Waals surface area contributed by atoms with E-state index in [9.17, 15) is 23.7 Å². The fourth-order valence-corrected chi connectivity index (χ4v) is 7.36. The van der Waals surface area contributed by atoms with Gasteiger partial charge in [0.2, 0.25) is 0 Å². The number of hydrogen-bond acceptors (Lipinski definition) is 12. The molecule has 4 N–H and O–H groups in total. The Hall–Kier alpha value is -0.790. The van der Waals surface area contributed by atoms with Crippen LogP contribution < -0.4 is 11.4 Å². The number of aromatic nitrogens is 2. The normalized spacial score (nSPS) is 42.9. The quantitative estimate of drug-likeness (QED) is 0.500. The van der Waals surface area contributed by atoms with E-state index in [0.29, 0.717) is 0 Å². The van der Waals surface area contributed by atoms with Crippen molar-refractivity contribution >= 4 is 30.1 Å². The number of nitrogens with two attached hydrogens (primary N) is 1. The standard InChI is InChI=1S/C12H18N3O12P3/c1-12(2)23-8-6(5-21-28-25-29(17,18)27-30(19,20)26-28)22-10(9(8)24-12)15-4-3-7(13)14-11(15)16/h3-4,6,8-10H,5H2,1-2H3,(H,17,18)(H,19,20)(H2,13,14,16)/t6-,8-,9-,10-/m1/s1. The molecular formula is C12H18N3O12P3. The third-order valence-electron chi connectivity index (χ3n) is 4.14. The van der Waals surface area contributed by atoms with Crippen LogP contribution in [0.15, 0.2) is 17.1 Å². The van der Waals surface area contributed by atoms with Gasteiger partial charge in [0, 0.05) is 6.20 Å². The lowest BCUT2D eigenvalue weighted by Gasteiger charge is -2.28. The van der Waals surface area contributed by atoms with Crippen LogP contribution in [0.5, 0.6) is 0 Å². The first-order valence-electron chi connectivity index (χ1n) is 8.39. The maximum absolute atomic E-state index is 12.2. The highest BCUT2D eigenvalue weighted by Gasteiger charge is 2.57. The van der Waals surface area contributed by atoms with Gasteiger partial charge >= 0.3 is 29.9 Å². The molecule has 3 fully saturated rings. The number of ether oxygens (including phenoxy) is 3. The Labute approximate surface area is 170 Å². The van der Waals surface area contributed by atoms with Gasteiger partial charge in [0.15, 0.2) is 12.0 Å².